The summed E-state index contributed by atoms with van der Waals surface area (Å²) in [6, 6.07) is 0. The van der Waals surface area contributed by atoms with E-state index in [0.717, 1.165) is 6.42 Å². The molecular formula is C6H7BrO2. The Balaban J connectivity index is 1.97. The molecule has 1 unspecified atom stereocenters. The molecule has 0 aromatic rings. The standard InChI is InChI=1S/C6H7BrO2/c7-4-2-1-3-5-6(4,8-5)9-5/h4H,1-3H2/t4?,5-,6+. The Morgan fingerprint density at radius 3 is 2.78 bits per heavy atom. The van der Waals surface area contributed by atoms with E-state index < -0.39 is 0 Å². The molecule has 50 valence electrons. The molecule has 2 saturated heterocycles. The zero-order chi connectivity index (χ0) is 6.11. The van der Waals surface area contributed by atoms with Gasteiger partial charge < -0.3 is 9.47 Å². The summed E-state index contributed by atoms with van der Waals surface area (Å²) >= 11 is 3.54. The summed E-state index contributed by atoms with van der Waals surface area (Å²) in [7, 11) is 0. The largest absolute Gasteiger partial charge is 0.306 e. The van der Waals surface area contributed by atoms with Crippen molar-refractivity contribution in [2.24, 2.45) is 0 Å². The molecule has 3 heteroatoms. The molecule has 0 bridgehead atoms. The van der Waals surface area contributed by atoms with Crippen molar-refractivity contribution in [3.8, 4) is 0 Å². The van der Waals surface area contributed by atoms with Gasteiger partial charge in [-0.1, -0.05) is 15.9 Å². The predicted molar refractivity (Wildman–Crippen MR) is 34.2 cm³/mol. The minimum absolute atomic E-state index is 0.0839. The van der Waals surface area contributed by atoms with Gasteiger partial charge in [-0.3, -0.25) is 0 Å². The van der Waals surface area contributed by atoms with Gasteiger partial charge in [-0.25, -0.2) is 0 Å². The van der Waals surface area contributed by atoms with Crippen LogP contribution < -0.4 is 0 Å². The van der Waals surface area contributed by atoms with Crippen LogP contribution in [-0.4, -0.2) is 16.4 Å². The third-order valence-electron chi connectivity index (χ3n) is 2.46. The zero-order valence-electron chi connectivity index (χ0n) is 4.89. The second-order valence-electron chi connectivity index (χ2n) is 2.98. The average Bonchev–Trinajstić information content (AvgIpc) is 2.49. The van der Waals surface area contributed by atoms with E-state index in [2.05, 4.69) is 15.9 Å². The smallest absolute Gasteiger partial charge is 0.242 e. The lowest BCUT2D eigenvalue weighted by molar-refractivity contribution is -0.0901. The van der Waals surface area contributed by atoms with Gasteiger partial charge >= 0.3 is 0 Å². The molecule has 3 aliphatic rings. The van der Waals surface area contributed by atoms with Gasteiger partial charge in [0.15, 0.2) is 0 Å². The summed E-state index contributed by atoms with van der Waals surface area (Å²) in [5.74, 6) is -0.218. The molecule has 0 radical (unpaired) electrons. The number of hydrogen-bond donors (Lipinski definition) is 0. The molecule has 0 spiro atoms. The molecule has 0 amide bonds. The van der Waals surface area contributed by atoms with Gasteiger partial charge in [-0.05, 0) is 12.8 Å². The minimum Gasteiger partial charge on any atom is -0.306 e. The Labute approximate surface area is 61.6 Å². The number of ether oxygens (including phenoxy) is 2. The van der Waals surface area contributed by atoms with E-state index in [1.54, 1.807) is 0 Å². The number of alkyl halides is 1. The fourth-order valence-corrected chi connectivity index (χ4v) is 2.65. The normalized spacial score (nSPS) is 68.3. The summed E-state index contributed by atoms with van der Waals surface area (Å²) in [4.78, 5) is 0.457. The monoisotopic (exact) mass is 190 g/mol. The quantitative estimate of drug-likeness (QED) is 0.427. The molecule has 1 atom stereocenters. The third kappa shape index (κ3) is 0.372. The average molecular weight is 191 g/mol. The summed E-state index contributed by atoms with van der Waals surface area (Å²) < 4.78 is 10.8. The van der Waals surface area contributed by atoms with Crippen LogP contribution in [0.15, 0.2) is 0 Å². The zero-order valence-corrected chi connectivity index (χ0v) is 6.48. The van der Waals surface area contributed by atoms with Gasteiger partial charge in [0.05, 0.1) is 4.83 Å². The van der Waals surface area contributed by atoms with Crippen molar-refractivity contribution >= 4 is 15.9 Å². The van der Waals surface area contributed by atoms with Crippen LogP contribution in [0.2, 0.25) is 0 Å². The van der Waals surface area contributed by atoms with Crippen LogP contribution in [0.3, 0.4) is 0 Å². The van der Waals surface area contributed by atoms with Crippen LogP contribution in [0.5, 0.6) is 0 Å². The van der Waals surface area contributed by atoms with E-state index in [4.69, 9.17) is 9.47 Å². The molecule has 1 aliphatic carbocycles. The van der Waals surface area contributed by atoms with Crippen LogP contribution in [0, 0.1) is 0 Å². The van der Waals surface area contributed by atoms with Crippen LogP contribution in [0.1, 0.15) is 19.3 Å². The number of hydrogen-bond acceptors (Lipinski definition) is 2. The molecule has 2 nitrogen and oxygen atoms in total. The van der Waals surface area contributed by atoms with Gasteiger partial charge in [-0.15, -0.1) is 0 Å². The van der Waals surface area contributed by atoms with Crippen molar-refractivity contribution in [2.45, 2.75) is 35.7 Å². The highest BCUT2D eigenvalue weighted by Crippen LogP contribution is 2.75. The van der Waals surface area contributed by atoms with Gasteiger partial charge in [0, 0.05) is 6.42 Å². The first-order valence-corrected chi connectivity index (χ1v) is 4.25. The second kappa shape index (κ2) is 1.11. The lowest BCUT2D eigenvalue weighted by Gasteiger charge is -2.06. The van der Waals surface area contributed by atoms with Crippen LogP contribution in [-0.2, 0) is 9.47 Å². The number of rotatable bonds is 0. The molecular weight excluding hydrogens is 184 g/mol. The molecule has 3 rings (SSSR count). The van der Waals surface area contributed by atoms with E-state index in [0.29, 0.717) is 4.83 Å². The molecule has 2 aliphatic heterocycles. The summed E-state index contributed by atoms with van der Waals surface area (Å²) in [5.41, 5.74) is 0. The van der Waals surface area contributed by atoms with Gasteiger partial charge in [0.1, 0.15) is 0 Å². The molecule has 0 aromatic carbocycles. The van der Waals surface area contributed by atoms with Crippen molar-refractivity contribution in [2.75, 3.05) is 0 Å². The Hall–Kier alpha value is 0.400. The Morgan fingerprint density at radius 1 is 1.44 bits per heavy atom. The lowest BCUT2D eigenvalue weighted by atomic mass is 10.0. The number of epoxide rings is 2. The maximum atomic E-state index is 5.38. The third-order valence-corrected chi connectivity index (χ3v) is 3.52. The van der Waals surface area contributed by atoms with Crippen molar-refractivity contribution in [1.82, 2.24) is 0 Å². The lowest BCUT2D eigenvalue weighted by Crippen LogP contribution is -2.16. The first kappa shape index (κ1) is 5.10. The maximum Gasteiger partial charge on any atom is 0.242 e. The molecule has 2 heterocycles. The van der Waals surface area contributed by atoms with Crippen LogP contribution in [0.25, 0.3) is 0 Å². The van der Waals surface area contributed by atoms with Crippen molar-refractivity contribution in [1.29, 1.82) is 0 Å². The Kier molecular flexibility index (Phi) is 0.627. The topological polar surface area (TPSA) is 25.1 Å². The van der Waals surface area contributed by atoms with E-state index >= 15 is 0 Å². The van der Waals surface area contributed by atoms with Gasteiger partial charge in [-0.2, -0.15) is 0 Å². The maximum absolute atomic E-state index is 5.38. The Morgan fingerprint density at radius 2 is 2.22 bits per heavy atom. The molecule has 1 saturated carbocycles. The second-order valence-corrected chi connectivity index (χ2v) is 4.09. The van der Waals surface area contributed by atoms with E-state index in [1.807, 2.05) is 0 Å². The number of halogens is 1. The molecule has 9 heavy (non-hydrogen) atoms. The fourth-order valence-electron chi connectivity index (χ4n) is 1.79. The summed E-state index contributed by atoms with van der Waals surface area (Å²) in [6.45, 7) is 0. The molecule has 0 N–H and O–H groups in total. The fraction of sp³-hybridized carbons (Fsp3) is 1.00. The van der Waals surface area contributed by atoms with Crippen molar-refractivity contribution < 1.29 is 9.47 Å². The highest BCUT2D eigenvalue weighted by atomic mass is 79.9. The van der Waals surface area contributed by atoms with Crippen molar-refractivity contribution in [3.05, 3.63) is 0 Å². The van der Waals surface area contributed by atoms with E-state index in [-0.39, 0.29) is 11.6 Å². The highest BCUT2D eigenvalue weighted by Gasteiger charge is 2.93. The van der Waals surface area contributed by atoms with E-state index in [9.17, 15) is 0 Å². The minimum atomic E-state index is -0.134. The van der Waals surface area contributed by atoms with Crippen LogP contribution >= 0.6 is 15.9 Å². The SMILES string of the molecule is BrC1CCC[C@]23O[C@]12O3. The Bertz CT molecular complexity index is 174. The predicted octanol–water partition coefficient (Wildman–Crippen LogP) is 1.39. The summed E-state index contributed by atoms with van der Waals surface area (Å²) in [5, 5.41) is 0. The first-order valence-electron chi connectivity index (χ1n) is 3.34. The van der Waals surface area contributed by atoms with Gasteiger partial charge in [0.2, 0.25) is 11.6 Å². The molecule has 0 aromatic heterocycles. The van der Waals surface area contributed by atoms with E-state index in [1.165, 1.54) is 12.8 Å². The van der Waals surface area contributed by atoms with Crippen molar-refractivity contribution in [3.63, 3.8) is 0 Å². The first-order chi connectivity index (χ1) is 4.29. The molecule has 3 fully saturated rings. The van der Waals surface area contributed by atoms with Gasteiger partial charge in [0.25, 0.3) is 0 Å². The van der Waals surface area contributed by atoms with Crippen LogP contribution in [0.4, 0.5) is 0 Å². The highest BCUT2D eigenvalue weighted by molar-refractivity contribution is 9.09. The summed E-state index contributed by atoms with van der Waals surface area (Å²) in [6.07, 6.45) is 3.54.